The average Bonchev–Trinajstić information content (AvgIpc) is 3.16. The van der Waals surface area contributed by atoms with Gasteiger partial charge in [-0.05, 0) is 29.2 Å². The van der Waals surface area contributed by atoms with Gasteiger partial charge in [-0.1, -0.05) is 48.5 Å². The maximum absolute atomic E-state index is 12.9. The minimum absolute atomic E-state index is 0.0795. The Hall–Kier alpha value is -3.43. The van der Waals surface area contributed by atoms with E-state index in [2.05, 4.69) is 17.4 Å². The van der Waals surface area contributed by atoms with Crippen molar-refractivity contribution in [3.05, 3.63) is 59.7 Å². The van der Waals surface area contributed by atoms with Crippen molar-refractivity contribution in [2.75, 3.05) is 33.4 Å². The Morgan fingerprint density at radius 1 is 1.12 bits per heavy atom. The lowest BCUT2D eigenvalue weighted by atomic mass is 9.98. The molecule has 2 aromatic rings. The Kier molecular flexibility index (Phi) is 7.14. The van der Waals surface area contributed by atoms with E-state index in [0.29, 0.717) is 0 Å². The van der Waals surface area contributed by atoms with E-state index < -0.39 is 36.2 Å². The number of hydrogen-bond donors (Lipinski definition) is 2. The smallest absolute Gasteiger partial charge is 0.407 e. The lowest BCUT2D eigenvalue weighted by Gasteiger charge is -2.38. The normalized spacial score (nSPS) is 20.2. The number of nitrogens with zero attached hydrogens (tertiary/aromatic N) is 1. The van der Waals surface area contributed by atoms with Crippen molar-refractivity contribution in [2.24, 2.45) is 0 Å². The van der Waals surface area contributed by atoms with E-state index >= 15 is 0 Å². The summed E-state index contributed by atoms with van der Waals surface area (Å²) in [5.74, 6) is -1.76. The van der Waals surface area contributed by atoms with E-state index in [-0.39, 0.29) is 32.2 Å². The molecular weight excluding hydrogens is 440 g/mol. The molecule has 1 fully saturated rings. The molecule has 1 aliphatic heterocycles. The summed E-state index contributed by atoms with van der Waals surface area (Å²) in [6.07, 6.45) is -2.38. The number of methoxy groups -OCH3 is 1. The number of nitrogens with one attached hydrogen (secondary N) is 1. The van der Waals surface area contributed by atoms with Gasteiger partial charge in [-0.2, -0.15) is 0 Å². The highest BCUT2D eigenvalue weighted by Gasteiger charge is 2.40. The maximum Gasteiger partial charge on any atom is 0.407 e. The molecule has 0 aromatic heterocycles. The molecule has 9 heteroatoms. The number of hydrogen-bond acceptors (Lipinski definition) is 6. The summed E-state index contributed by atoms with van der Waals surface area (Å²) in [6, 6.07) is 14.9. The number of ether oxygens (including phenoxy) is 3. The third-order valence-electron chi connectivity index (χ3n) is 6.36. The first kappa shape index (κ1) is 23.7. The Labute approximate surface area is 197 Å². The molecule has 2 aromatic carbocycles. The van der Waals surface area contributed by atoms with Crippen LogP contribution in [0.2, 0.25) is 0 Å². The Bertz CT molecular complexity index is 1030. The van der Waals surface area contributed by atoms with Gasteiger partial charge in [-0.25, -0.2) is 9.59 Å². The number of amides is 2. The Morgan fingerprint density at radius 3 is 2.32 bits per heavy atom. The van der Waals surface area contributed by atoms with Crippen molar-refractivity contribution in [1.29, 1.82) is 0 Å². The third-order valence-corrected chi connectivity index (χ3v) is 6.36. The van der Waals surface area contributed by atoms with Crippen molar-refractivity contribution in [1.82, 2.24) is 10.2 Å². The van der Waals surface area contributed by atoms with Gasteiger partial charge in [-0.15, -0.1) is 0 Å². The topological polar surface area (TPSA) is 114 Å². The second kappa shape index (κ2) is 10.2. The number of carbonyl (C=O) groups excluding carboxylic acids is 2. The molecule has 0 saturated carbocycles. The van der Waals surface area contributed by atoms with Crippen LogP contribution in [0.25, 0.3) is 11.1 Å². The zero-order valence-corrected chi connectivity index (χ0v) is 19.1. The number of morpholine rings is 1. The van der Waals surface area contributed by atoms with Crippen LogP contribution in [-0.2, 0) is 23.8 Å². The highest BCUT2D eigenvalue weighted by molar-refractivity contribution is 5.87. The molecule has 0 bridgehead atoms. The number of fused-ring (bicyclic) bond motifs is 3. The summed E-state index contributed by atoms with van der Waals surface area (Å²) in [6.45, 7) is 1.96. The highest BCUT2D eigenvalue weighted by Crippen LogP contribution is 2.44. The van der Waals surface area contributed by atoms with Gasteiger partial charge in [0.2, 0.25) is 0 Å². The summed E-state index contributed by atoms with van der Waals surface area (Å²) < 4.78 is 16.1. The quantitative estimate of drug-likeness (QED) is 0.641. The van der Waals surface area contributed by atoms with Gasteiger partial charge in [0.15, 0.2) is 12.1 Å². The van der Waals surface area contributed by atoms with E-state index in [1.54, 1.807) is 6.92 Å². The minimum atomic E-state index is -1.15. The predicted octanol–water partition coefficient (Wildman–Crippen LogP) is 2.24. The molecule has 180 valence electrons. The van der Waals surface area contributed by atoms with Crippen molar-refractivity contribution in [2.45, 2.75) is 31.1 Å². The van der Waals surface area contributed by atoms with Gasteiger partial charge in [0.25, 0.3) is 5.91 Å². The number of benzene rings is 2. The van der Waals surface area contributed by atoms with E-state index in [9.17, 15) is 19.5 Å². The number of aliphatic carboxylic acids is 1. The van der Waals surface area contributed by atoms with Crippen LogP contribution in [0.4, 0.5) is 4.79 Å². The van der Waals surface area contributed by atoms with Crippen molar-refractivity contribution in [3.8, 4) is 11.1 Å². The molecule has 0 radical (unpaired) electrons. The maximum atomic E-state index is 12.9. The molecule has 9 nitrogen and oxygen atoms in total. The van der Waals surface area contributed by atoms with Crippen LogP contribution in [-0.4, -0.2) is 79.6 Å². The summed E-state index contributed by atoms with van der Waals surface area (Å²) >= 11 is 0. The third kappa shape index (κ3) is 4.62. The average molecular weight is 469 g/mol. The van der Waals surface area contributed by atoms with Gasteiger partial charge in [0.1, 0.15) is 6.61 Å². The molecule has 0 spiro atoms. The zero-order chi connectivity index (χ0) is 24.2. The largest absolute Gasteiger partial charge is 0.480 e. The first-order valence-electron chi connectivity index (χ1n) is 11.2. The van der Waals surface area contributed by atoms with Gasteiger partial charge in [-0.3, -0.25) is 4.79 Å². The van der Waals surface area contributed by atoms with Gasteiger partial charge >= 0.3 is 12.1 Å². The number of carbonyl (C=O) groups is 3. The SMILES string of the molecule is COC(CNC(=O)OCC1c2ccccc2-c2ccccc21)C(=O)N1CCOC(C)C1C(=O)O. The molecule has 2 amide bonds. The number of rotatable bonds is 7. The summed E-state index contributed by atoms with van der Waals surface area (Å²) in [5, 5.41) is 12.1. The molecule has 2 aliphatic rings. The van der Waals surface area contributed by atoms with Crippen LogP contribution >= 0.6 is 0 Å². The molecule has 1 heterocycles. The Morgan fingerprint density at radius 2 is 1.74 bits per heavy atom. The predicted molar refractivity (Wildman–Crippen MR) is 122 cm³/mol. The number of carboxylic acids is 1. The van der Waals surface area contributed by atoms with Crippen LogP contribution in [0.1, 0.15) is 24.0 Å². The molecule has 4 rings (SSSR count). The molecule has 3 unspecified atom stereocenters. The van der Waals surface area contributed by atoms with Crippen molar-refractivity contribution < 1.29 is 33.7 Å². The van der Waals surface area contributed by atoms with E-state index in [1.807, 2.05) is 36.4 Å². The van der Waals surface area contributed by atoms with E-state index in [1.165, 1.54) is 12.0 Å². The Balaban J connectivity index is 1.35. The van der Waals surface area contributed by atoms with Crippen LogP contribution in [0, 0.1) is 0 Å². The number of carboxylic acid groups (broad SMARTS) is 1. The van der Waals surface area contributed by atoms with Gasteiger partial charge in [0, 0.05) is 19.6 Å². The molecule has 1 aliphatic carbocycles. The molecular formula is C25H28N2O7. The van der Waals surface area contributed by atoms with Crippen LogP contribution in [0.3, 0.4) is 0 Å². The second-order valence-electron chi connectivity index (χ2n) is 8.32. The molecule has 3 atom stereocenters. The lowest BCUT2D eigenvalue weighted by molar-refractivity contribution is -0.169. The fourth-order valence-electron chi connectivity index (χ4n) is 4.68. The van der Waals surface area contributed by atoms with Gasteiger partial charge < -0.3 is 29.5 Å². The second-order valence-corrected chi connectivity index (χ2v) is 8.32. The fraction of sp³-hybridized carbons (Fsp3) is 0.400. The first-order valence-corrected chi connectivity index (χ1v) is 11.2. The molecule has 34 heavy (non-hydrogen) atoms. The fourth-order valence-corrected chi connectivity index (χ4v) is 4.68. The van der Waals surface area contributed by atoms with Gasteiger partial charge in [0.05, 0.1) is 19.3 Å². The minimum Gasteiger partial charge on any atom is -0.480 e. The standard InChI is InChI=1S/C25H28N2O7/c1-15-22(24(29)30)27(11-12-33-15)23(28)21(32-2)13-26-25(31)34-14-20-18-9-5-3-7-16(18)17-8-4-6-10-19(17)20/h3-10,15,20-22H,11-14H2,1-2H3,(H,26,31)(H,29,30). The van der Waals surface area contributed by atoms with Crippen LogP contribution < -0.4 is 5.32 Å². The molecule has 2 N–H and O–H groups in total. The van der Waals surface area contributed by atoms with E-state index in [4.69, 9.17) is 14.2 Å². The highest BCUT2D eigenvalue weighted by atomic mass is 16.5. The van der Waals surface area contributed by atoms with Crippen molar-refractivity contribution >= 4 is 18.0 Å². The van der Waals surface area contributed by atoms with Crippen molar-refractivity contribution in [3.63, 3.8) is 0 Å². The first-order chi connectivity index (χ1) is 16.4. The summed E-state index contributed by atoms with van der Waals surface area (Å²) in [5.41, 5.74) is 4.46. The monoisotopic (exact) mass is 468 g/mol. The van der Waals surface area contributed by atoms with Crippen LogP contribution in [0.15, 0.2) is 48.5 Å². The lowest BCUT2D eigenvalue weighted by Crippen LogP contribution is -2.60. The zero-order valence-electron chi connectivity index (χ0n) is 19.1. The van der Waals surface area contributed by atoms with E-state index in [0.717, 1.165) is 22.3 Å². The summed E-state index contributed by atoms with van der Waals surface area (Å²) in [7, 11) is 1.33. The van der Waals surface area contributed by atoms with Crippen LogP contribution in [0.5, 0.6) is 0 Å². The molecule has 1 saturated heterocycles. The number of alkyl carbamates (subject to hydrolysis) is 1. The summed E-state index contributed by atoms with van der Waals surface area (Å²) in [4.78, 5) is 38.2.